The van der Waals surface area contributed by atoms with Crippen LogP contribution < -0.4 is 15.5 Å². The summed E-state index contributed by atoms with van der Waals surface area (Å²) in [5, 5.41) is 5.35. The second-order valence-electron chi connectivity index (χ2n) is 7.16. The van der Waals surface area contributed by atoms with Crippen molar-refractivity contribution in [2.24, 2.45) is 0 Å². The maximum absolute atomic E-state index is 13.2. The molecule has 3 rings (SSSR count). The highest BCUT2D eigenvalue weighted by molar-refractivity contribution is 6.01. The molecule has 1 amide bonds. The van der Waals surface area contributed by atoms with Gasteiger partial charge in [0.1, 0.15) is 0 Å². The normalized spacial score (nSPS) is 15.1. The number of nitrogens with zero attached hydrogens (tertiary/aromatic N) is 1. The molecule has 1 atom stereocenters. The number of morpholine rings is 1. The van der Waals surface area contributed by atoms with Gasteiger partial charge in [-0.15, -0.1) is 0 Å². The summed E-state index contributed by atoms with van der Waals surface area (Å²) < 4.78 is 50.3. The van der Waals surface area contributed by atoms with E-state index in [2.05, 4.69) is 10.6 Å². The van der Waals surface area contributed by atoms with Crippen LogP contribution in [0.1, 0.15) is 22.8 Å². The lowest BCUT2D eigenvalue weighted by molar-refractivity contribution is -0.137. The van der Waals surface area contributed by atoms with Crippen LogP contribution >= 0.6 is 0 Å². The van der Waals surface area contributed by atoms with Crippen molar-refractivity contribution in [2.75, 3.05) is 48.9 Å². The van der Waals surface area contributed by atoms with Crippen molar-refractivity contribution >= 4 is 28.9 Å². The van der Waals surface area contributed by atoms with Crippen molar-refractivity contribution in [3.8, 4) is 0 Å². The number of carbonyl (C=O) groups is 2. The average Bonchev–Trinajstić information content (AvgIpc) is 2.78. The maximum Gasteiger partial charge on any atom is 0.416 e. The Morgan fingerprint density at radius 1 is 1.09 bits per heavy atom. The van der Waals surface area contributed by atoms with Gasteiger partial charge in [0.15, 0.2) is 6.10 Å². The summed E-state index contributed by atoms with van der Waals surface area (Å²) in [7, 11) is 1.64. The second kappa shape index (κ2) is 9.90. The summed E-state index contributed by atoms with van der Waals surface area (Å²) in [5.74, 6) is -1.47. The van der Waals surface area contributed by atoms with Gasteiger partial charge < -0.3 is 25.0 Å². The Balaban J connectivity index is 1.79. The van der Waals surface area contributed by atoms with E-state index in [1.165, 1.54) is 13.0 Å². The predicted octanol–water partition coefficient (Wildman–Crippen LogP) is 3.77. The Bertz CT molecular complexity index is 975. The minimum atomic E-state index is -4.57. The molecule has 172 valence electrons. The Labute approximate surface area is 183 Å². The first-order valence-corrected chi connectivity index (χ1v) is 10.0. The Hall–Kier alpha value is -3.27. The van der Waals surface area contributed by atoms with Crippen molar-refractivity contribution in [1.82, 2.24) is 0 Å². The molecule has 7 nitrogen and oxygen atoms in total. The van der Waals surface area contributed by atoms with E-state index in [1.807, 2.05) is 4.90 Å². The number of ether oxygens (including phenoxy) is 2. The molecule has 0 radical (unpaired) electrons. The minimum absolute atomic E-state index is 0.00903. The van der Waals surface area contributed by atoms with E-state index in [1.54, 1.807) is 31.3 Å². The number of anilines is 3. The highest BCUT2D eigenvalue weighted by atomic mass is 19.4. The van der Waals surface area contributed by atoms with Crippen molar-refractivity contribution in [3.63, 3.8) is 0 Å². The first kappa shape index (κ1) is 23.4. The van der Waals surface area contributed by atoms with E-state index in [0.717, 1.165) is 12.1 Å². The number of hydrogen-bond acceptors (Lipinski definition) is 6. The Morgan fingerprint density at radius 3 is 2.44 bits per heavy atom. The van der Waals surface area contributed by atoms with E-state index in [0.29, 0.717) is 37.7 Å². The summed E-state index contributed by atoms with van der Waals surface area (Å²) in [6.07, 6.45) is -5.81. The summed E-state index contributed by atoms with van der Waals surface area (Å²) >= 11 is 0. The SMILES string of the molecule is CNc1ccccc1C(=O)OC(C)C(=O)Nc1cc(C(F)(F)F)ccc1N1CCOCC1. The summed E-state index contributed by atoms with van der Waals surface area (Å²) in [6, 6.07) is 9.79. The monoisotopic (exact) mass is 451 g/mol. The topological polar surface area (TPSA) is 79.9 Å². The minimum Gasteiger partial charge on any atom is -0.449 e. The predicted molar refractivity (Wildman–Crippen MR) is 114 cm³/mol. The summed E-state index contributed by atoms with van der Waals surface area (Å²) in [4.78, 5) is 27.0. The van der Waals surface area contributed by atoms with Gasteiger partial charge in [0.2, 0.25) is 0 Å². The van der Waals surface area contributed by atoms with Crippen molar-refractivity contribution in [3.05, 3.63) is 53.6 Å². The van der Waals surface area contributed by atoms with Crippen LogP contribution in [0, 0.1) is 0 Å². The van der Waals surface area contributed by atoms with Gasteiger partial charge in [-0.3, -0.25) is 4.79 Å². The largest absolute Gasteiger partial charge is 0.449 e. The van der Waals surface area contributed by atoms with Crippen LogP contribution in [-0.2, 0) is 20.4 Å². The molecule has 1 unspecified atom stereocenters. The molecule has 2 aromatic rings. The van der Waals surface area contributed by atoms with Crippen molar-refractivity contribution < 1.29 is 32.2 Å². The molecule has 1 fully saturated rings. The smallest absolute Gasteiger partial charge is 0.416 e. The van der Waals surface area contributed by atoms with Gasteiger partial charge >= 0.3 is 12.1 Å². The van der Waals surface area contributed by atoms with Crippen LogP contribution in [0.25, 0.3) is 0 Å². The molecule has 1 heterocycles. The second-order valence-corrected chi connectivity index (χ2v) is 7.16. The highest BCUT2D eigenvalue weighted by Gasteiger charge is 2.32. The first-order chi connectivity index (χ1) is 15.2. The van der Waals surface area contributed by atoms with Gasteiger partial charge in [0.05, 0.1) is 35.7 Å². The van der Waals surface area contributed by atoms with Gasteiger partial charge in [0.25, 0.3) is 5.91 Å². The van der Waals surface area contributed by atoms with E-state index < -0.39 is 29.7 Å². The van der Waals surface area contributed by atoms with Gasteiger partial charge in [-0.25, -0.2) is 4.79 Å². The van der Waals surface area contributed by atoms with Crippen LogP contribution in [0.4, 0.5) is 30.2 Å². The van der Waals surface area contributed by atoms with Gasteiger partial charge in [-0.2, -0.15) is 13.2 Å². The molecule has 0 saturated carbocycles. The van der Waals surface area contributed by atoms with Crippen LogP contribution in [0.3, 0.4) is 0 Å². The van der Waals surface area contributed by atoms with Gasteiger partial charge in [-0.05, 0) is 37.3 Å². The van der Waals surface area contributed by atoms with Crippen molar-refractivity contribution in [2.45, 2.75) is 19.2 Å². The van der Waals surface area contributed by atoms with E-state index in [9.17, 15) is 22.8 Å². The lowest BCUT2D eigenvalue weighted by atomic mass is 10.1. The molecule has 1 aliphatic rings. The third-order valence-corrected chi connectivity index (χ3v) is 5.00. The third kappa shape index (κ3) is 5.50. The Morgan fingerprint density at radius 2 is 1.78 bits per heavy atom. The molecule has 32 heavy (non-hydrogen) atoms. The maximum atomic E-state index is 13.2. The number of carbonyl (C=O) groups excluding carboxylic acids is 2. The number of rotatable bonds is 6. The molecule has 0 spiro atoms. The van der Waals surface area contributed by atoms with Crippen molar-refractivity contribution in [1.29, 1.82) is 0 Å². The number of benzene rings is 2. The fourth-order valence-corrected chi connectivity index (χ4v) is 3.28. The number of halogens is 3. The molecule has 1 saturated heterocycles. The molecular weight excluding hydrogens is 427 g/mol. The molecule has 0 aromatic heterocycles. The molecule has 10 heteroatoms. The zero-order valence-corrected chi connectivity index (χ0v) is 17.7. The quantitative estimate of drug-likeness (QED) is 0.651. The zero-order valence-electron chi connectivity index (χ0n) is 17.7. The zero-order chi connectivity index (χ0) is 23.3. The van der Waals surface area contributed by atoms with E-state index in [4.69, 9.17) is 9.47 Å². The first-order valence-electron chi connectivity index (χ1n) is 10.0. The average molecular weight is 451 g/mol. The number of amides is 1. The Kier molecular flexibility index (Phi) is 7.24. The van der Waals surface area contributed by atoms with Gasteiger partial charge in [0, 0.05) is 25.8 Å². The van der Waals surface area contributed by atoms with Crippen LogP contribution in [0.2, 0.25) is 0 Å². The summed E-state index contributed by atoms with van der Waals surface area (Å²) in [5.41, 5.74) is 0.302. The van der Waals surface area contributed by atoms with E-state index >= 15 is 0 Å². The highest BCUT2D eigenvalue weighted by Crippen LogP contribution is 2.36. The number of nitrogens with one attached hydrogen (secondary N) is 2. The lowest BCUT2D eigenvalue weighted by Gasteiger charge is -2.31. The molecule has 1 aliphatic heterocycles. The number of hydrogen-bond donors (Lipinski definition) is 2. The molecule has 0 aliphatic carbocycles. The lowest BCUT2D eigenvalue weighted by Crippen LogP contribution is -2.37. The van der Waals surface area contributed by atoms with E-state index in [-0.39, 0.29) is 11.3 Å². The van der Waals surface area contributed by atoms with Crippen LogP contribution in [0.15, 0.2) is 42.5 Å². The third-order valence-electron chi connectivity index (χ3n) is 5.00. The number of esters is 1. The molecule has 2 N–H and O–H groups in total. The molecular formula is C22H24F3N3O4. The fraction of sp³-hybridized carbons (Fsp3) is 0.364. The number of para-hydroxylation sites is 1. The standard InChI is InChI=1S/C22H24F3N3O4/c1-14(32-21(30)16-5-3-4-6-17(16)26-2)20(29)27-18-13-15(22(23,24)25)7-8-19(18)28-9-11-31-12-10-28/h3-8,13-14,26H,9-12H2,1-2H3,(H,27,29). The molecule has 2 aromatic carbocycles. The van der Waals surface area contributed by atoms with Crippen LogP contribution in [0.5, 0.6) is 0 Å². The fourth-order valence-electron chi connectivity index (χ4n) is 3.28. The molecule has 0 bridgehead atoms. The summed E-state index contributed by atoms with van der Waals surface area (Å²) in [6.45, 7) is 3.15. The number of alkyl halides is 3. The van der Waals surface area contributed by atoms with Crippen LogP contribution in [-0.4, -0.2) is 51.3 Å². The van der Waals surface area contributed by atoms with Gasteiger partial charge in [-0.1, -0.05) is 12.1 Å².